The van der Waals surface area contributed by atoms with Crippen LogP contribution >= 0.6 is 15.9 Å². The van der Waals surface area contributed by atoms with Crippen LogP contribution in [0.5, 0.6) is 0 Å². The second kappa shape index (κ2) is 7.10. The van der Waals surface area contributed by atoms with Crippen molar-refractivity contribution in [1.82, 2.24) is 9.55 Å². The topological polar surface area (TPSA) is 17.8 Å². The molecule has 0 unspecified atom stereocenters. The molecule has 0 fully saturated rings. The molecule has 0 bridgehead atoms. The number of rotatable bonds is 3. The molecule has 0 atom stereocenters. The van der Waals surface area contributed by atoms with E-state index in [2.05, 4.69) is 105 Å². The first-order chi connectivity index (χ1) is 13.8. The maximum absolute atomic E-state index is 5.02. The summed E-state index contributed by atoms with van der Waals surface area (Å²) in [5.74, 6) is 0.946. The highest BCUT2D eigenvalue weighted by molar-refractivity contribution is 9.10. The van der Waals surface area contributed by atoms with Gasteiger partial charge in [-0.3, -0.25) is 4.57 Å². The highest BCUT2D eigenvalue weighted by atomic mass is 79.9. The quantitative estimate of drug-likeness (QED) is 0.301. The number of halogens is 1. The van der Waals surface area contributed by atoms with Crippen LogP contribution in [0.25, 0.3) is 39.2 Å². The van der Waals surface area contributed by atoms with Crippen LogP contribution < -0.4 is 0 Å². The zero-order valence-corrected chi connectivity index (χ0v) is 16.7. The van der Waals surface area contributed by atoms with Crippen LogP contribution in [0.1, 0.15) is 0 Å². The Kier molecular flexibility index (Phi) is 4.30. The molecule has 1 heterocycles. The lowest BCUT2D eigenvalue weighted by molar-refractivity contribution is 1.10. The molecule has 0 saturated carbocycles. The van der Waals surface area contributed by atoms with E-state index in [4.69, 9.17) is 4.98 Å². The van der Waals surface area contributed by atoms with Gasteiger partial charge in [0.05, 0.1) is 11.0 Å². The van der Waals surface area contributed by atoms with E-state index < -0.39 is 0 Å². The molecule has 134 valence electrons. The molecular weight excluding hydrogens is 408 g/mol. The van der Waals surface area contributed by atoms with Crippen molar-refractivity contribution in [2.24, 2.45) is 0 Å². The zero-order chi connectivity index (χ0) is 18.9. The molecular formula is C25H17BrN2. The molecule has 28 heavy (non-hydrogen) atoms. The SMILES string of the molecule is Brc1ccccc1-c1cccc2nc(-c3ccccc3)n(-c3ccccc3)c12. The third-order valence-corrected chi connectivity index (χ3v) is 5.58. The van der Waals surface area contributed by atoms with Gasteiger partial charge >= 0.3 is 0 Å². The van der Waals surface area contributed by atoms with Crippen molar-refractivity contribution in [2.45, 2.75) is 0 Å². The Morgan fingerprint density at radius 3 is 2.00 bits per heavy atom. The van der Waals surface area contributed by atoms with Gasteiger partial charge < -0.3 is 0 Å². The van der Waals surface area contributed by atoms with Gasteiger partial charge in [0.1, 0.15) is 5.82 Å². The van der Waals surface area contributed by atoms with Crippen LogP contribution in [-0.2, 0) is 0 Å². The Morgan fingerprint density at radius 1 is 0.607 bits per heavy atom. The lowest BCUT2D eigenvalue weighted by Gasteiger charge is -2.13. The van der Waals surface area contributed by atoms with Crippen LogP contribution in [0.3, 0.4) is 0 Å². The Labute approximate surface area is 172 Å². The van der Waals surface area contributed by atoms with E-state index in [0.29, 0.717) is 0 Å². The van der Waals surface area contributed by atoms with Gasteiger partial charge in [-0.25, -0.2) is 4.98 Å². The van der Waals surface area contributed by atoms with E-state index >= 15 is 0 Å². The summed E-state index contributed by atoms with van der Waals surface area (Å²) in [5.41, 5.74) is 6.60. The summed E-state index contributed by atoms with van der Waals surface area (Å²) in [6.45, 7) is 0. The molecule has 0 radical (unpaired) electrons. The van der Waals surface area contributed by atoms with Gasteiger partial charge in [-0.15, -0.1) is 0 Å². The number of hydrogen-bond acceptors (Lipinski definition) is 1. The van der Waals surface area contributed by atoms with E-state index in [1.807, 2.05) is 18.2 Å². The average Bonchev–Trinajstić information content (AvgIpc) is 3.15. The number of hydrogen-bond donors (Lipinski definition) is 0. The standard InChI is InChI=1S/C25H17BrN2/c26-22-16-8-7-14-20(22)21-15-9-17-23-24(21)28(19-12-5-2-6-13-19)25(27-23)18-10-3-1-4-11-18/h1-17H. The van der Waals surface area contributed by atoms with Crippen LogP contribution in [-0.4, -0.2) is 9.55 Å². The molecule has 0 N–H and O–H groups in total. The first-order valence-electron chi connectivity index (χ1n) is 9.20. The highest BCUT2D eigenvalue weighted by Gasteiger charge is 2.18. The molecule has 0 spiro atoms. The van der Waals surface area contributed by atoms with Crippen LogP contribution in [0, 0.1) is 0 Å². The first-order valence-corrected chi connectivity index (χ1v) is 9.99. The normalized spacial score (nSPS) is 11.0. The second-order valence-corrected chi connectivity index (χ2v) is 7.48. The Hall–Kier alpha value is -3.17. The minimum atomic E-state index is 0.946. The van der Waals surface area contributed by atoms with Gasteiger partial charge in [0.15, 0.2) is 0 Å². The predicted octanol–water partition coefficient (Wildman–Crippen LogP) is 7.12. The molecule has 2 nitrogen and oxygen atoms in total. The highest BCUT2D eigenvalue weighted by Crippen LogP contribution is 2.37. The number of para-hydroxylation sites is 2. The fourth-order valence-electron chi connectivity index (χ4n) is 3.63. The third-order valence-electron chi connectivity index (χ3n) is 4.89. The van der Waals surface area contributed by atoms with Gasteiger partial charge in [0, 0.05) is 21.3 Å². The van der Waals surface area contributed by atoms with Gasteiger partial charge in [0.2, 0.25) is 0 Å². The molecule has 5 rings (SSSR count). The summed E-state index contributed by atoms with van der Waals surface area (Å²) in [4.78, 5) is 5.02. The summed E-state index contributed by atoms with van der Waals surface area (Å²) >= 11 is 3.72. The smallest absolute Gasteiger partial charge is 0.145 e. The van der Waals surface area contributed by atoms with Crippen molar-refractivity contribution in [1.29, 1.82) is 0 Å². The van der Waals surface area contributed by atoms with Crippen molar-refractivity contribution in [3.63, 3.8) is 0 Å². The molecule has 0 aliphatic carbocycles. The van der Waals surface area contributed by atoms with Crippen molar-refractivity contribution in [3.05, 3.63) is 108 Å². The predicted molar refractivity (Wildman–Crippen MR) is 120 cm³/mol. The van der Waals surface area contributed by atoms with Gasteiger partial charge in [-0.05, 0) is 29.8 Å². The molecule has 0 aliphatic heterocycles. The maximum Gasteiger partial charge on any atom is 0.145 e. The summed E-state index contributed by atoms with van der Waals surface area (Å²) in [6, 6.07) is 35.5. The fourth-order valence-corrected chi connectivity index (χ4v) is 4.13. The number of nitrogens with zero attached hydrogens (tertiary/aromatic N) is 2. The van der Waals surface area contributed by atoms with Crippen molar-refractivity contribution in [3.8, 4) is 28.2 Å². The van der Waals surface area contributed by atoms with Crippen molar-refractivity contribution < 1.29 is 0 Å². The monoisotopic (exact) mass is 424 g/mol. The van der Waals surface area contributed by atoms with E-state index in [0.717, 1.165) is 43.7 Å². The van der Waals surface area contributed by atoms with Crippen molar-refractivity contribution >= 4 is 27.0 Å². The Bertz CT molecular complexity index is 1260. The van der Waals surface area contributed by atoms with E-state index in [9.17, 15) is 0 Å². The molecule has 5 aromatic rings. The van der Waals surface area contributed by atoms with Gasteiger partial charge in [-0.1, -0.05) is 94.8 Å². The number of fused-ring (bicyclic) bond motifs is 1. The number of benzene rings is 4. The summed E-state index contributed by atoms with van der Waals surface area (Å²) in [7, 11) is 0. The Balaban J connectivity index is 1.91. The Morgan fingerprint density at radius 2 is 1.25 bits per heavy atom. The van der Waals surface area contributed by atoms with Gasteiger partial charge in [-0.2, -0.15) is 0 Å². The van der Waals surface area contributed by atoms with E-state index in [1.54, 1.807) is 0 Å². The minimum absolute atomic E-state index is 0.946. The van der Waals surface area contributed by atoms with E-state index in [1.165, 1.54) is 0 Å². The molecule has 1 aromatic heterocycles. The summed E-state index contributed by atoms with van der Waals surface area (Å²) in [5, 5.41) is 0. The van der Waals surface area contributed by atoms with Crippen LogP contribution in [0.2, 0.25) is 0 Å². The largest absolute Gasteiger partial charge is 0.292 e. The molecule has 0 aliphatic rings. The fraction of sp³-hybridized carbons (Fsp3) is 0. The summed E-state index contributed by atoms with van der Waals surface area (Å²) < 4.78 is 3.34. The maximum atomic E-state index is 5.02. The molecule has 3 heteroatoms. The van der Waals surface area contributed by atoms with E-state index in [-0.39, 0.29) is 0 Å². The number of aromatic nitrogens is 2. The van der Waals surface area contributed by atoms with Gasteiger partial charge in [0.25, 0.3) is 0 Å². The number of imidazole rings is 1. The lowest BCUT2D eigenvalue weighted by Crippen LogP contribution is -1.98. The molecule has 0 saturated heterocycles. The first kappa shape index (κ1) is 17.0. The average molecular weight is 425 g/mol. The van der Waals surface area contributed by atoms with Crippen molar-refractivity contribution in [2.75, 3.05) is 0 Å². The third kappa shape index (κ3) is 2.85. The zero-order valence-electron chi connectivity index (χ0n) is 15.1. The lowest BCUT2D eigenvalue weighted by atomic mass is 10.0. The minimum Gasteiger partial charge on any atom is -0.292 e. The van der Waals surface area contributed by atoms with Crippen LogP contribution in [0.4, 0.5) is 0 Å². The van der Waals surface area contributed by atoms with Crippen LogP contribution in [0.15, 0.2) is 108 Å². The molecule has 0 amide bonds. The summed E-state index contributed by atoms with van der Waals surface area (Å²) in [6.07, 6.45) is 0. The second-order valence-electron chi connectivity index (χ2n) is 6.63. The molecule has 4 aromatic carbocycles.